The third kappa shape index (κ3) is 2.59. The maximum absolute atomic E-state index is 5.88. The Balaban J connectivity index is 1.75. The molecule has 9 nitrogen and oxygen atoms in total. The molecule has 0 amide bonds. The first kappa shape index (κ1) is 13.9. The summed E-state index contributed by atoms with van der Waals surface area (Å²) in [7, 11) is 0. The van der Waals surface area contributed by atoms with Crippen LogP contribution in [0.5, 0.6) is 0 Å². The monoisotopic (exact) mass is 314 g/mol. The van der Waals surface area contributed by atoms with Crippen LogP contribution in [0, 0.1) is 6.92 Å². The van der Waals surface area contributed by atoms with Gasteiger partial charge in [0, 0.05) is 25.0 Å². The average molecular weight is 314 g/mol. The number of fused-ring (bicyclic) bond motifs is 1. The molecule has 1 aliphatic heterocycles. The zero-order valence-corrected chi connectivity index (χ0v) is 12.8. The molecule has 0 saturated carbocycles. The molecule has 0 unspecified atom stereocenters. The number of anilines is 3. The van der Waals surface area contributed by atoms with E-state index < -0.39 is 0 Å². The van der Waals surface area contributed by atoms with Crippen LogP contribution in [0.25, 0.3) is 11.0 Å². The van der Waals surface area contributed by atoms with E-state index in [0.29, 0.717) is 11.6 Å². The van der Waals surface area contributed by atoms with Gasteiger partial charge in [0.1, 0.15) is 5.82 Å². The molecule has 0 spiro atoms. The zero-order valence-electron chi connectivity index (χ0n) is 12.8. The van der Waals surface area contributed by atoms with E-state index in [4.69, 9.17) is 10.5 Å². The summed E-state index contributed by atoms with van der Waals surface area (Å²) in [4.78, 5) is 8.66. The Hall–Kier alpha value is -2.68. The summed E-state index contributed by atoms with van der Waals surface area (Å²) < 4.78 is 7.34. The summed E-state index contributed by atoms with van der Waals surface area (Å²) in [6, 6.07) is 2.17. The lowest BCUT2D eigenvalue weighted by Gasteiger charge is -2.22. The summed E-state index contributed by atoms with van der Waals surface area (Å²) in [5.74, 6) is 1.50. The van der Waals surface area contributed by atoms with Gasteiger partial charge in [-0.2, -0.15) is 20.2 Å². The summed E-state index contributed by atoms with van der Waals surface area (Å²) in [5, 5.41) is 15.6. The maximum Gasteiger partial charge on any atom is 0.224 e. The van der Waals surface area contributed by atoms with E-state index in [1.54, 1.807) is 6.20 Å². The van der Waals surface area contributed by atoms with Crippen molar-refractivity contribution in [1.29, 1.82) is 0 Å². The van der Waals surface area contributed by atoms with E-state index in [0.717, 1.165) is 42.8 Å². The van der Waals surface area contributed by atoms with Gasteiger partial charge in [-0.25, -0.2) is 4.68 Å². The van der Waals surface area contributed by atoms with Gasteiger partial charge >= 0.3 is 0 Å². The third-order valence-electron chi connectivity index (χ3n) is 3.96. The molecule has 0 bridgehead atoms. The van der Waals surface area contributed by atoms with Crippen LogP contribution in [0.4, 0.5) is 17.6 Å². The number of aromatic nitrogens is 6. The molecule has 0 atom stereocenters. The van der Waals surface area contributed by atoms with Gasteiger partial charge in [0.05, 0.1) is 17.6 Å². The fraction of sp³-hybridized carbons (Fsp3) is 0.429. The van der Waals surface area contributed by atoms with E-state index in [1.165, 1.54) is 0 Å². The van der Waals surface area contributed by atoms with Crippen molar-refractivity contribution in [3.05, 3.63) is 18.0 Å². The van der Waals surface area contributed by atoms with Crippen LogP contribution in [0.15, 0.2) is 12.3 Å². The van der Waals surface area contributed by atoms with Crippen LogP contribution in [0.3, 0.4) is 0 Å². The number of aryl methyl sites for hydroxylation is 1. The van der Waals surface area contributed by atoms with Crippen molar-refractivity contribution >= 4 is 28.6 Å². The fourth-order valence-electron chi connectivity index (χ4n) is 2.84. The van der Waals surface area contributed by atoms with E-state index in [1.807, 2.05) is 17.7 Å². The maximum atomic E-state index is 5.88. The second kappa shape index (κ2) is 5.51. The van der Waals surface area contributed by atoms with Gasteiger partial charge in [-0.3, -0.25) is 5.10 Å². The molecular formula is C14H18N8O. The largest absolute Gasteiger partial charge is 0.381 e. The van der Waals surface area contributed by atoms with Crippen LogP contribution >= 0.6 is 0 Å². The summed E-state index contributed by atoms with van der Waals surface area (Å²) in [6.45, 7) is 3.42. The smallest absolute Gasteiger partial charge is 0.224 e. The second-order valence-electron chi connectivity index (χ2n) is 5.66. The predicted octanol–water partition coefficient (Wildman–Crippen LogP) is 1.54. The van der Waals surface area contributed by atoms with Crippen LogP contribution in [-0.2, 0) is 4.74 Å². The molecule has 1 fully saturated rings. The highest BCUT2D eigenvalue weighted by atomic mass is 16.5. The minimum absolute atomic E-state index is 0.209. The molecule has 120 valence electrons. The number of aromatic amines is 1. The molecule has 9 heteroatoms. The number of ether oxygens (including phenoxy) is 1. The Morgan fingerprint density at radius 1 is 1.35 bits per heavy atom. The van der Waals surface area contributed by atoms with E-state index in [9.17, 15) is 0 Å². The fourth-order valence-corrected chi connectivity index (χ4v) is 2.84. The molecule has 1 aliphatic rings. The number of H-pyrrole nitrogens is 1. The number of rotatable bonds is 3. The molecule has 23 heavy (non-hydrogen) atoms. The van der Waals surface area contributed by atoms with Crippen molar-refractivity contribution in [2.24, 2.45) is 0 Å². The molecule has 1 saturated heterocycles. The minimum atomic E-state index is 0.209. The van der Waals surface area contributed by atoms with Crippen LogP contribution in [-0.4, -0.2) is 43.2 Å². The van der Waals surface area contributed by atoms with Gasteiger partial charge in [-0.1, -0.05) is 0 Å². The van der Waals surface area contributed by atoms with Gasteiger partial charge in [0.2, 0.25) is 5.95 Å². The lowest BCUT2D eigenvalue weighted by atomic mass is 10.1. The van der Waals surface area contributed by atoms with E-state index in [-0.39, 0.29) is 12.0 Å². The molecule has 3 aromatic rings. The molecule has 4 heterocycles. The van der Waals surface area contributed by atoms with Gasteiger partial charge in [0.25, 0.3) is 0 Å². The average Bonchev–Trinajstić information content (AvgIpc) is 3.14. The third-order valence-corrected chi connectivity index (χ3v) is 3.96. The van der Waals surface area contributed by atoms with Gasteiger partial charge in [-0.05, 0) is 19.8 Å². The number of nitrogens with zero attached hydrogens (tertiary/aromatic N) is 5. The van der Waals surface area contributed by atoms with Crippen molar-refractivity contribution < 1.29 is 4.74 Å². The quantitative estimate of drug-likeness (QED) is 0.670. The normalized spacial score (nSPS) is 16.0. The Morgan fingerprint density at radius 3 is 2.91 bits per heavy atom. The Kier molecular flexibility index (Phi) is 3.34. The molecule has 0 radical (unpaired) electrons. The number of hydrogen-bond donors (Lipinski definition) is 3. The van der Waals surface area contributed by atoms with Crippen molar-refractivity contribution in [3.63, 3.8) is 0 Å². The molecule has 3 aromatic heterocycles. The first-order valence-corrected chi connectivity index (χ1v) is 7.58. The Morgan fingerprint density at radius 2 is 2.17 bits per heavy atom. The molecule has 4 N–H and O–H groups in total. The Bertz CT molecular complexity index is 833. The number of nitrogens with one attached hydrogen (secondary N) is 2. The predicted molar refractivity (Wildman–Crippen MR) is 85.4 cm³/mol. The minimum Gasteiger partial charge on any atom is -0.381 e. The van der Waals surface area contributed by atoms with E-state index in [2.05, 4.69) is 30.6 Å². The zero-order chi connectivity index (χ0) is 15.8. The lowest BCUT2D eigenvalue weighted by Crippen LogP contribution is -2.20. The first-order chi connectivity index (χ1) is 11.2. The molecule has 0 aliphatic carbocycles. The van der Waals surface area contributed by atoms with Crippen LogP contribution in [0.1, 0.15) is 24.6 Å². The molecular weight excluding hydrogens is 296 g/mol. The first-order valence-electron chi connectivity index (χ1n) is 7.58. The van der Waals surface area contributed by atoms with Gasteiger partial charge in [-0.15, -0.1) is 0 Å². The molecule has 4 rings (SSSR count). The van der Waals surface area contributed by atoms with Crippen molar-refractivity contribution in [3.8, 4) is 0 Å². The highest BCUT2D eigenvalue weighted by Crippen LogP contribution is 2.28. The lowest BCUT2D eigenvalue weighted by molar-refractivity contribution is 0.0673. The highest BCUT2D eigenvalue weighted by Gasteiger charge is 2.21. The van der Waals surface area contributed by atoms with E-state index >= 15 is 0 Å². The summed E-state index contributed by atoms with van der Waals surface area (Å²) in [5.41, 5.74) is 7.58. The summed E-state index contributed by atoms with van der Waals surface area (Å²) in [6.07, 6.45) is 3.61. The number of nitrogen functional groups attached to an aromatic ring is 1. The van der Waals surface area contributed by atoms with Crippen LogP contribution < -0.4 is 11.1 Å². The Labute approximate surface area is 132 Å². The van der Waals surface area contributed by atoms with Crippen molar-refractivity contribution in [2.75, 3.05) is 24.3 Å². The SMILES string of the molecule is Cc1cc(Nc2nc(N)nc3c2cnn3C2CCOCC2)n[nH]1. The number of nitrogens with two attached hydrogens (primary N) is 1. The van der Waals surface area contributed by atoms with Gasteiger partial charge in [0.15, 0.2) is 11.5 Å². The summed E-state index contributed by atoms with van der Waals surface area (Å²) >= 11 is 0. The standard InChI is InChI=1S/C14H18N8O/c1-8-6-11(21-20-8)17-12-10-7-16-22(9-2-4-23-5-3-9)13(10)19-14(15)18-12/h6-7,9H,2-5H2,1H3,(H4,15,17,18,19,20,21). The highest BCUT2D eigenvalue weighted by molar-refractivity contribution is 5.89. The molecule has 0 aromatic carbocycles. The van der Waals surface area contributed by atoms with Crippen LogP contribution in [0.2, 0.25) is 0 Å². The topological polar surface area (TPSA) is 120 Å². The second-order valence-corrected chi connectivity index (χ2v) is 5.66. The van der Waals surface area contributed by atoms with Gasteiger partial charge < -0.3 is 15.8 Å². The van der Waals surface area contributed by atoms with Crippen molar-refractivity contribution in [2.45, 2.75) is 25.8 Å². The number of hydrogen-bond acceptors (Lipinski definition) is 7. The van der Waals surface area contributed by atoms with Crippen molar-refractivity contribution in [1.82, 2.24) is 29.9 Å².